The van der Waals surface area contributed by atoms with Gasteiger partial charge in [-0.1, -0.05) is 97.9 Å². The molecule has 2 N–H and O–H groups in total. The molecule has 3 aromatic rings. The van der Waals surface area contributed by atoms with Crippen molar-refractivity contribution < 1.29 is 0 Å². The topological polar surface area (TPSA) is 48.8 Å². The number of rotatable bonds is 12. The van der Waals surface area contributed by atoms with Crippen LogP contribution < -0.4 is 10.6 Å². The summed E-state index contributed by atoms with van der Waals surface area (Å²) in [5, 5.41) is 7.10. The minimum atomic E-state index is 0.416. The molecule has 0 saturated carbocycles. The first-order valence-electron chi connectivity index (χ1n) is 16.1. The highest BCUT2D eigenvalue weighted by Gasteiger charge is 2.14. The Hall–Kier alpha value is -3.92. The van der Waals surface area contributed by atoms with E-state index < -0.39 is 0 Å². The standard InChI is InChI=1S/C40H54N4/c1-25(2)35-18-14-19-36(26(3)4)39(35)43-31(11)22-29(9)41-33-16-13-17-34(24-33)42-30(10)23-32(12)44-40-37(27(5)6)20-15-21-38(40)28(7)8/h13-28,41-42H,1-12H3/b29-22-,30-23-,43-31?,44-32?. The van der Waals surface area contributed by atoms with Gasteiger partial charge in [0.15, 0.2) is 0 Å². The van der Waals surface area contributed by atoms with Crippen LogP contribution >= 0.6 is 0 Å². The van der Waals surface area contributed by atoms with E-state index in [-0.39, 0.29) is 0 Å². The predicted octanol–water partition coefficient (Wildman–Crippen LogP) is 12.4. The molecule has 4 nitrogen and oxygen atoms in total. The van der Waals surface area contributed by atoms with Crippen LogP contribution in [0.5, 0.6) is 0 Å². The lowest BCUT2D eigenvalue weighted by Gasteiger charge is -2.17. The molecule has 3 aromatic carbocycles. The Balaban J connectivity index is 1.79. The second-order valence-electron chi connectivity index (χ2n) is 13.2. The summed E-state index contributed by atoms with van der Waals surface area (Å²) in [5.74, 6) is 1.67. The highest BCUT2D eigenvalue weighted by molar-refractivity contribution is 5.97. The largest absolute Gasteiger partial charge is 0.359 e. The van der Waals surface area contributed by atoms with Crippen molar-refractivity contribution in [2.24, 2.45) is 9.98 Å². The summed E-state index contributed by atoms with van der Waals surface area (Å²) in [6.45, 7) is 26.2. The number of aliphatic imine (C=N–C) groups is 2. The molecule has 0 unspecified atom stereocenters. The van der Waals surface area contributed by atoms with Gasteiger partial charge in [0.1, 0.15) is 0 Å². The molecule has 0 amide bonds. The second kappa shape index (κ2) is 15.7. The summed E-state index contributed by atoms with van der Waals surface area (Å²) >= 11 is 0. The van der Waals surface area contributed by atoms with E-state index in [4.69, 9.17) is 9.98 Å². The van der Waals surface area contributed by atoms with Crippen LogP contribution in [0.3, 0.4) is 0 Å². The molecule has 44 heavy (non-hydrogen) atoms. The third-order valence-electron chi connectivity index (χ3n) is 7.66. The Bertz CT molecular complexity index is 1380. The molecule has 0 fully saturated rings. The third-order valence-corrected chi connectivity index (χ3v) is 7.66. The number of anilines is 2. The summed E-state index contributed by atoms with van der Waals surface area (Å²) < 4.78 is 0. The maximum Gasteiger partial charge on any atom is 0.0701 e. The number of hydrogen-bond donors (Lipinski definition) is 2. The van der Waals surface area contributed by atoms with Crippen molar-refractivity contribution >= 4 is 34.2 Å². The smallest absolute Gasteiger partial charge is 0.0701 e. The summed E-state index contributed by atoms with van der Waals surface area (Å²) in [4.78, 5) is 10.2. The lowest BCUT2D eigenvalue weighted by molar-refractivity contribution is 0.834. The SMILES string of the molecule is CC(/C=C(/C)Nc1cccc(N/C(C)=C\C(C)=Nc2c(C(C)C)cccc2C(C)C)c1)=Nc1c(C(C)C)cccc1C(C)C. The van der Waals surface area contributed by atoms with Crippen LogP contribution in [-0.2, 0) is 0 Å². The van der Waals surface area contributed by atoms with Crippen LogP contribution in [0.1, 0.15) is 129 Å². The monoisotopic (exact) mass is 590 g/mol. The van der Waals surface area contributed by atoms with E-state index in [1.807, 2.05) is 0 Å². The molecule has 0 atom stereocenters. The lowest BCUT2D eigenvalue weighted by atomic mass is 9.93. The van der Waals surface area contributed by atoms with Gasteiger partial charge in [-0.2, -0.15) is 0 Å². The fraction of sp³-hybridized carbons (Fsp3) is 0.400. The van der Waals surface area contributed by atoms with Gasteiger partial charge in [0, 0.05) is 34.2 Å². The first-order valence-corrected chi connectivity index (χ1v) is 16.1. The Morgan fingerprint density at radius 1 is 0.500 bits per heavy atom. The van der Waals surface area contributed by atoms with Crippen LogP contribution in [0.15, 0.2) is 94.2 Å². The van der Waals surface area contributed by atoms with Crippen LogP contribution in [-0.4, -0.2) is 11.4 Å². The van der Waals surface area contributed by atoms with Gasteiger partial charge in [-0.25, -0.2) is 0 Å². The van der Waals surface area contributed by atoms with Crippen LogP contribution in [0, 0.1) is 0 Å². The summed E-state index contributed by atoms with van der Waals surface area (Å²) in [6.07, 6.45) is 4.24. The van der Waals surface area contributed by atoms with E-state index in [1.165, 1.54) is 22.3 Å². The highest BCUT2D eigenvalue weighted by Crippen LogP contribution is 2.36. The van der Waals surface area contributed by atoms with Crippen molar-refractivity contribution in [2.45, 2.75) is 107 Å². The van der Waals surface area contributed by atoms with E-state index in [1.54, 1.807) is 0 Å². The Morgan fingerprint density at radius 3 is 1.09 bits per heavy atom. The molecule has 0 aliphatic heterocycles. The first kappa shape index (κ1) is 34.6. The Kier molecular flexibility index (Phi) is 12.3. The Morgan fingerprint density at radius 2 is 0.795 bits per heavy atom. The first-order chi connectivity index (χ1) is 20.8. The maximum absolute atomic E-state index is 5.10. The second-order valence-corrected chi connectivity index (χ2v) is 13.2. The number of allylic oxidation sites excluding steroid dienone is 4. The molecule has 0 radical (unpaired) electrons. The zero-order chi connectivity index (χ0) is 32.6. The zero-order valence-electron chi connectivity index (χ0n) is 29.1. The number of nitrogens with zero attached hydrogens (tertiary/aromatic N) is 2. The van der Waals surface area contributed by atoms with E-state index >= 15 is 0 Å². The quantitative estimate of drug-likeness (QED) is 0.206. The van der Waals surface area contributed by atoms with Crippen molar-refractivity contribution in [1.29, 1.82) is 0 Å². The molecular weight excluding hydrogens is 536 g/mol. The maximum atomic E-state index is 5.10. The van der Waals surface area contributed by atoms with Crippen LogP contribution in [0.2, 0.25) is 0 Å². The van der Waals surface area contributed by atoms with Gasteiger partial charge in [-0.05, 0) is 104 Å². The lowest BCUT2D eigenvalue weighted by Crippen LogP contribution is -2.02. The molecule has 0 heterocycles. The molecule has 234 valence electrons. The molecule has 0 aliphatic rings. The zero-order valence-corrected chi connectivity index (χ0v) is 29.1. The van der Waals surface area contributed by atoms with E-state index in [0.29, 0.717) is 23.7 Å². The fourth-order valence-corrected chi connectivity index (χ4v) is 5.53. The van der Waals surface area contributed by atoms with Gasteiger partial charge in [0.05, 0.1) is 11.4 Å². The number of hydrogen-bond acceptors (Lipinski definition) is 4. The molecule has 4 heteroatoms. The minimum absolute atomic E-state index is 0.416. The summed E-state index contributed by atoms with van der Waals surface area (Å²) in [7, 11) is 0. The fourth-order valence-electron chi connectivity index (χ4n) is 5.53. The normalized spacial score (nSPS) is 13.5. The molecule has 0 bridgehead atoms. The van der Waals surface area contributed by atoms with Gasteiger partial charge in [-0.3, -0.25) is 9.98 Å². The minimum Gasteiger partial charge on any atom is -0.359 e. The van der Waals surface area contributed by atoms with E-state index in [9.17, 15) is 0 Å². The number of para-hydroxylation sites is 2. The van der Waals surface area contributed by atoms with Gasteiger partial charge < -0.3 is 10.6 Å². The average Bonchev–Trinajstić information content (AvgIpc) is 2.92. The van der Waals surface area contributed by atoms with E-state index in [0.717, 1.165) is 45.6 Å². The third kappa shape index (κ3) is 9.54. The van der Waals surface area contributed by atoms with Crippen LogP contribution in [0.25, 0.3) is 0 Å². The highest BCUT2D eigenvalue weighted by atomic mass is 14.9. The van der Waals surface area contributed by atoms with Crippen molar-refractivity contribution in [3.05, 3.63) is 106 Å². The van der Waals surface area contributed by atoms with Crippen molar-refractivity contribution in [3.63, 3.8) is 0 Å². The van der Waals surface area contributed by atoms with Gasteiger partial charge in [0.25, 0.3) is 0 Å². The molecule has 0 saturated heterocycles. The van der Waals surface area contributed by atoms with Gasteiger partial charge >= 0.3 is 0 Å². The van der Waals surface area contributed by atoms with Crippen LogP contribution in [0.4, 0.5) is 22.7 Å². The summed E-state index contributed by atoms with van der Waals surface area (Å²) in [5.41, 5.74) is 13.5. The number of benzene rings is 3. The molecular formula is C40H54N4. The van der Waals surface area contributed by atoms with E-state index in [2.05, 4.69) is 167 Å². The molecule has 3 rings (SSSR count). The molecule has 0 aliphatic carbocycles. The van der Waals surface area contributed by atoms with Crippen molar-refractivity contribution in [3.8, 4) is 0 Å². The average molecular weight is 591 g/mol. The Labute approximate surface area is 267 Å². The molecule has 0 spiro atoms. The predicted molar refractivity (Wildman–Crippen MR) is 196 cm³/mol. The van der Waals surface area contributed by atoms with Gasteiger partial charge in [0.2, 0.25) is 0 Å². The molecule has 0 aromatic heterocycles. The number of nitrogens with one attached hydrogen (secondary N) is 2. The summed E-state index contributed by atoms with van der Waals surface area (Å²) in [6, 6.07) is 21.5. The van der Waals surface area contributed by atoms with Gasteiger partial charge in [-0.15, -0.1) is 0 Å². The van der Waals surface area contributed by atoms with Crippen molar-refractivity contribution in [1.82, 2.24) is 0 Å². The van der Waals surface area contributed by atoms with Crippen molar-refractivity contribution in [2.75, 3.05) is 10.6 Å².